The summed E-state index contributed by atoms with van der Waals surface area (Å²) in [4.78, 5) is 25.7. The number of hydrogen-bond acceptors (Lipinski definition) is 7. The van der Waals surface area contributed by atoms with Gasteiger partial charge in [-0.05, 0) is 24.8 Å². The van der Waals surface area contributed by atoms with Crippen LogP contribution in [0.15, 0.2) is 11.6 Å². The van der Waals surface area contributed by atoms with E-state index in [1.54, 1.807) is 13.8 Å². The highest BCUT2D eigenvalue weighted by molar-refractivity contribution is 5.80. The number of aliphatic hydroxyl groups is 2. The van der Waals surface area contributed by atoms with Crippen LogP contribution in [0.2, 0.25) is 0 Å². The largest absolute Gasteiger partial charge is 0.460 e. The third-order valence-corrected chi connectivity index (χ3v) is 4.95. The fourth-order valence-corrected chi connectivity index (χ4v) is 3.49. The number of aliphatic hydroxyl groups excluding tert-OH is 1. The van der Waals surface area contributed by atoms with E-state index in [-0.39, 0.29) is 24.7 Å². The lowest BCUT2D eigenvalue weighted by Crippen LogP contribution is -2.53. The molecule has 0 bridgehead atoms. The van der Waals surface area contributed by atoms with Crippen LogP contribution in [0.4, 0.5) is 0 Å². The number of rotatable bonds is 6. The molecule has 0 unspecified atom stereocenters. The first-order valence-electron chi connectivity index (χ1n) is 8.35. The lowest BCUT2D eigenvalue weighted by molar-refractivity contribution is -0.184. The van der Waals surface area contributed by atoms with Crippen LogP contribution in [0.25, 0.3) is 0 Å². The van der Waals surface area contributed by atoms with E-state index in [9.17, 15) is 19.8 Å². The van der Waals surface area contributed by atoms with Crippen molar-refractivity contribution in [1.82, 2.24) is 4.90 Å². The van der Waals surface area contributed by atoms with E-state index in [2.05, 4.69) is 4.90 Å². The van der Waals surface area contributed by atoms with Crippen molar-refractivity contribution >= 4 is 11.9 Å². The van der Waals surface area contributed by atoms with Crippen LogP contribution < -0.4 is 0 Å². The predicted molar refractivity (Wildman–Crippen MR) is 86.0 cm³/mol. The minimum atomic E-state index is -1.94. The first-order valence-corrected chi connectivity index (χ1v) is 8.35. The summed E-state index contributed by atoms with van der Waals surface area (Å²) in [7, 11) is 0. The molecule has 0 amide bonds. The van der Waals surface area contributed by atoms with Crippen LogP contribution in [0.3, 0.4) is 0 Å². The van der Waals surface area contributed by atoms with Crippen molar-refractivity contribution in [2.45, 2.75) is 58.0 Å². The lowest BCUT2D eigenvalue weighted by atomic mass is 9.85. The van der Waals surface area contributed by atoms with Gasteiger partial charge in [-0.25, -0.2) is 4.79 Å². The molecule has 2 aliphatic rings. The Bertz CT molecular complexity index is 519. The average Bonchev–Trinajstić information content (AvgIpc) is 3.06. The summed E-state index contributed by atoms with van der Waals surface area (Å²) < 4.78 is 10.6. The van der Waals surface area contributed by atoms with Crippen molar-refractivity contribution in [2.24, 2.45) is 5.92 Å². The standard InChI is InChI=1S/C17H27NO6/c1-10(2)17(22,11(3)19)16(21)23-9-13-5-7-18-8-6-14(15(13)18)24-12(4)20/h5,10-11,14-15,19,22H,6-9H2,1-4H3/t11-,14-,15-,17+/m1/s1. The summed E-state index contributed by atoms with van der Waals surface area (Å²) >= 11 is 0. The van der Waals surface area contributed by atoms with Gasteiger partial charge in [-0.1, -0.05) is 19.9 Å². The van der Waals surface area contributed by atoms with Crippen molar-refractivity contribution in [1.29, 1.82) is 0 Å². The van der Waals surface area contributed by atoms with Gasteiger partial charge in [0.05, 0.1) is 12.1 Å². The Kier molecular flexibility index (Phi) is 5.67. The van der Waals surface area contributed by atoms with E-state index in [1.165, 1.54) is 13.8 Å². The van der Waals surface area contributed by atoms with Crippen LogP contribution in [-0.2, 0) is 19.1 Å². The van der Waals surface area contributed by atoms with Gasteiger partial charge in [0.25, 0.3) is 0 Å². The number of esters is 2. The smallest absolute Gasteiger partial charge is 0.341 e. The summed E-state index contributed by atoms with van der Waals surface area (Å²) in [6, 6.07) is -0.0830. The Morgan fingerprint density at radius 3 is 2.62 bits per heavy atom. The molecule has 0 saturated carbocycles. The first kappa shape index (κ1) is 18.9. The molecule has 4 atom stereocenters. The molecule has 2 N–H and O–H groups in total. The van der Waals surface area contributed by atoms with Crippen LogP contribution in [0.5, 0.6) is 0 Å². The molecule has 0 aromatic rings. The molecule has 0 aromatic heterocycles. The van der Waals surface area contributed by atoms with Crippen LogP contribution in [0.1, 0.15) is 34.1 Å². The molecular formula is C17H27NO6. The Balaban J connectivity index is 2.01. The normalized spacial score (nSPS) is 27.4. The van der Waals surface area contributed by atoms with Crippen LogP contribution in [-0.4, -0.2) is 70.6 Å². The zero-order chi connectivity index (χ0) is 18.1. The highest BCUT2D eigenvalue weighted by Crippen LogP contribution is 2.32. The van der Waals surface area contributed by atoms with Gasteiger partial charge in [0.1, 0.15) is 12.7 Å². The zero-order valence-corrected chi connectivity index (χ0v) is 14.7. The minimum Gasteiger partial charge on any atom is -0.460 e. The molecular weight excluding hydrogens is 314 g/mol. The van der Waals surface area contributed by atoms with E-state index in [0.29, 0.717) is 0 Å². The second-order valence-electron chi connectivity index (χ2n) is 6.89. The Morgan fingerprint density at radius 1 is 1.42 bits per heavy atom. The molecule has 1 saturated heterocycles. The Labute approximate surface area is 142 Å². The molecule has 136 valence electrons. The SMILES string of the molecule is CC(=O)O[C@@H]1CCN2CC=C(COC(=O)[C@](O)(C(C)C)[C@@H](C)O)[C@H]12. The zero-order valence-electron chi connectivity index (χ0n) is 14.7. The summed E-state index contributed by atoms with van der Waals surface area (Å²) in [5, 5.41) is 20.2. The number of carbonyl (C=O) groups excluding carboxylic acids is 2. The number of ether oxygens (including phenoxy) is 2. The van der Waals surface area contributed by atoms with Gasteiger partial charge < -0.3 is 19.7 Å². The number of carbonyl (C=O) groups is 2. The molecule has 7 heteroatoms. The second kappa shape index (κ2) is 7.21. The summed E-state index contributed by atoms with van der Waals surface area (Å²) in [6.07, 6.45) is 1.24. The van der Waals surface area contributed by atoms with E-state index in [1.807, 2.05) is 6.08 Å². The van der Waals surface area contributed by atoms with Crippen molar-refractivity contribution in [3.63, 3.8) is 0 Å². The van der Waals surface area contributed by atoms with Gasteiger partial charge in [0.15, 0.2) is 5.60 Å². The maximum Gasteiger partial charge on any atom is 0.341 e. The summed E-state index contributed by atoms with van der Waals surface area (Å²) in [6.45, 7) is 7.61. The molecule has 24 heavy (non-hydrogen) atoms. The molecule has 0 radical (unpaired) electrons. The number of fused-ring (bicyclic) bond motifs is 1. The van der Waals surface area contributed by atoms with E-state index in [0.717, 1.165) is 25.1 Å². The molecule has 0 spiro atoms. The maximum atomic E-state index is 12.3. The van der Waals surface area contributed by atoms with Crippen LogP contribution in [0, 0.1) is 5.92 Å². The second-order valence-corrected chi connectivity index (χ2v) is 6.89. The molecule has 0 aromatic carbocycles. The summed E-state index contributed by atoms with van der Waals surface area (Å²) in [5.41, 5.74) is -1.08. The number of hydrogen-bond donors (Lipinski definition) is 2. The molecule has 1 fully saturated rings. The predicted octanol–water partition coefficient (Wildman–Crippen LogP) is 0.244. The molecule has 0 aliphatic carbocycles. The van der Waals surface area contributed by atoms with Crippen molar-refractivity contribution in [2.75, 3.05) is 19.7 Å². The monoisotopic (exact) mass is 341 g/mol. The Morgan fingerprint density at radius 2 is 2.08 bits per heavy atom. The summed E-state index contributed by atoms with van der Waals surface area (Å²) in [5.74, 6) is -1.65. The molecule has 2 rings (SSSR count). The van der Waals surface area contributed by atoms with E-state index in [4.69, 9.17) is 9.47 Å². The molecule has 2 aliphatic heterocycles. The first-order chi connectivity index (χ1) is 11.2. The fraction of sp³-hybridized carbons (Fsp3) is 0.765. The maximum absolute atomic E-state index is 12.3. The van der Waals surface area contributed by atoms with Gasteiger partial charge in [-0.2, -0.15) is 0 Å². The third kappa shape index (κ3) is 3.48. The quantitative estimate of drug-likeness (QED) is 0.528. The van der Waals surface area contributed by atoms with Crippen molar-refractivity contribution < 1.29 is 29.3 Å². The van der Waals surface area contributed by atoms with Gasteiger partial charge in [-0.3, -0.25) is 9.69 Å². The van der Waals surface area contributed by atoms with Gasteiger partial charge >= 0.3 is 11.9 Å². The van der Waals surface area contributed by atoms with E-state index >= 15 is 0 Å². The van der Waals surface area contributed by atoms with Crippen molar-refractivity contribution in [3.8, 4) is 0 Å². The topological polar surface area (TPSA) is 96.3 Å². The minimum absolute atomic E-state index is 0.0134. The van der Waals surface area contributed by atoms with Gasteiger partial charge in [-0.15, -0.1) is 0 Å². The Hall–Kier alpha value is -1.44. The van der Waals surface area contributed by atoms with Crippen molar-refractivity contribution in [3.05, 3.63) is 11.6 Å². The number of nitrogens with zero attached hydrogens (tertiary/aromatic N) is 1. The van der Waals surface area contributed by atoms with Gasteiger partial charge in [0, 0.05) is 20.0 Å². The lowest BCUT2D eigenvalue weighted by Gasteiger charge is -2.32. The molecule has 2 heterocycles. The van der Waals surface area contributed by atoms with Gasteiger partial charge in [0.2, 0.25) is 0 Å². The van der Waals surface area contributed by atoms with Crippen LogP contribution >= 0.6 is 0 Å². The highest BCUT2D eigenvalue weighted by atomic mass is 16.6. The molecule has 7 nitrogen and oxygen atoms in total. The highest BCUT2D eigenvalue weighted by Gasteiger charge is 2.47. The third-order valence-electron chi connectivity index (χ3n) is 4.95. The average molecular weight is 341 g/mol. The fourth-order valence-electron chi connectivity index (χ4n) is 3.49. The van der Waals surface area contributed by atoms with E-state index < -0.39 is 23.6 Å².